The van der Waals surface area contributed by atoms with Crippen LogP contribution >= 0.6 is 11.3 Å². The molecule has 7 heteroatoms. The van der Waals surface area contributed by atoms with Crippen molar-refractivity contribution in [2.45, 2.75) is 26.8 Å². The number of ketones is 1. The van der Waals surface area contributed by atoms with Gasteiger partial charge in [0.2, 0.25) is 5.78 Å². The standard InChI is InChI=1S/C16H16N4O2S/c1-3-13-18-20(16(17)23-13)9-12(21)14-10(2)22-19-15(14)11-7-5-4-6-8-11/h4-8,17H,3,9H2,1-2H3/p+1. The summed E-state index contributed by atoms with van der Waals surface area (Å²) in [7, 11) is 0. The molecule has 0 atom stereocenters. The number of hydrogen-bond donors (Lipinski definition) is 1. The lowest BCUT2D eigenvalue weighted by molar-refractivity contribution is -0.723. The molecule has 1 aromatic carbocycles. The van der Waals surface area contributed by atoms with E-state index in [2.05, 4.69) is 10.3 Å². The van der Waals surface area contributed by atoms with Gasteiger partial charge in [-0.25, -0.2) is 0 Å². The largest absolute Gasteiger partial charge is 0.360 e. The molecule has 0 unspecified atom stereocenters. The minimum atomic E-state index is -0.118. The van der Waals surface area contributed by atoms with E-state index in [1.807, 2.05) is 37.3 Å². The lowest BCUT2D eigenvalue weighted by Gasteiger charge is -2.00. The first kappa shape index (κ1) is 15.4. The van der Waals surface area contributed by atoms with E-state index in [1.165, 1.54) is 16.0 Å². The monoisotopic (exact) mass is 329 g/mol. The highest BCUT2D eigenvalue weighted by atomic mass is 32.1. The van der Waals surface area contributed by atoms with Gasteiger partial charge >= 0.3 is 5.13 Å². The van der Waals surface area contributed by atoms with Gasteiger partial charge in [-0.15, -0.1) is 4.68 Å². The smallest absolute Gasteiger partial charge is 0.354 e. The molecule has 118 valence electrons. The molecule has 0 aliphatic heterocycles. The van der Waals surface area contributed by atoms with Crippen LogP contribution in [0.15, 0.2) is 34.9 Å². The Morgan fingerprint density at radius 2 is 2.09 bits per heavy atom. The third kappa shape index (κ3) is 3.00. The molecule has 0 aliphatic carbocycles. The summed E-state index contributed by atoms with van der Waals surface area (Å²) in [5.41, 5.74) is 7.81. The van der Waals surface area contributed by atoms with Crippen molar-refractivity contribution in [2.24, 2.45) is 0 Å². The number of aryl methyl sites for hydroxylation is 2. The van der Waals surface area contributed by atoms with Crippen LogP contribution in [0, 0.1) is 6.92 Å². The number of carbonyl (C=O) groups excluding carboxylic acids is 1. The van der Waals surface area contributed by atoms with Gasteiger partial charge in [0.15, 0.2) is 6.54 Å². The molecule has 0 radical (unpaired) electrons. The molecule has 6 nitrogen and oxygen atoms in total. The fraction of sp³-hybridized carbons (Fsp3) is 0.250. The maximum atomic E-state index is 12.7. The van der Waals surface area contributed by atoms with Gasteiger partial charge in [0, 0.05) is 12.0 Å². The molecule has 0 saturated heterocycles. The van der Waals surface area contributed by atoms with Crippen molar-refractivity contribution in [3.05, 3.63) is 46.7 Å². The van der Waals surface area contributed by atoms with Gasteiger partial charge in [0.1, 0.15) is 16.5 Å². The second kappa shape index (κ2) is 6.29. The molecule has 0 spiro atoms. The van der Waals surface area contributed by atoms with Crippen molar-refractivity contribution in [3.8, 4) is 11.3 Å². The van der Waals surface area contributed by atoms with Gasteiger partial charge < -0.3 is 4.52 Å². The van der Waals surface area contributed by atoms with Crippen molar-refractivity contribution >= 4 is 22.3 Å². The van der Waals surface area contributed by atoms with Crippen molar-refractivity contribution < 1.29 is 14.0 Å². The third-order valence-corrected chi connectivity index (χ3v) is 4.52. The summed E-state index contributed by atoms with van der Waals surface area (Å²) in [6.07, 6.45) is 0.789. The van der Waals surface area contributed by atoms with Crippen LogP contribution < -0.4 is 10.4 Å². The summed E-state index contributed by atoms with van der Waals surface area (Å²) in [4.78, 5) is 12.7. The van der Waals surface area contributed by atoms with Gasteiger partial charge in [0.05, 0.1) is 5.56 Å². The van der Waals surface area contributed by atoms with E-state index in [0.29, 0.717) is 22.1 Å². The molecule has 3 aromatic rings. The molecule has 0 amide bonds. The molecule has 0 fully saturated rings. The van der Waals surface area contributed by atoms with Crippen LogP contribution in [0.2, 0.25) is 0 Å². The molecule has 2 aromatic heterocycles. The van der Waals surface area contributed by atoms with E-state index in [1.54, 1.807) is 6.92 Å². The highest BCUT2D eigenvalue weighted by molar-refractivity contribution is 7.14. The van der Waals surface area contributed by atoms with E-state index < -0.39 is 0 Å². The summed E-state index contributed by atoms with van der Waals surface area (Å²) in [6.45, 7) is 3.81. The van der Waals surface area contributed by atoms with Gasteiger partial charge in [-0.05, 0) is 18.3 Å². The first-order chi connectivity index (χ1) is 11.1. The second-order valence-electron chi connectivity index (χ2n) is 5.10. The Labute approximate surface area is 137 Å². The number of benzene rings is 1. The summed E-state index contributed by atoms with van der Waals surface area (Å²) >= 11 is 1.40. The molecule has 3 rings (SSSR count). The fourth-order valence-electron chi connectivity index (χ4n) is 2.34. The molecule has 0 aliphatic rings. The highest BCUT2D eigenvalue weighted by Crippen LogP contribution is 2.25. The Balaban J connectivity index is 1.94. The van der Waals surface area contributed by atoms with E-state index in [9.17, 15) is 4.79 Å². The van der Waals surface area contributed by atoms with Crippen molar-refractivity contribution in [2.75, 3.05) is 5.73 Å². The van der Waals surface area contributed by atoms with Gasteiger partial charge in [0.25, 0.3) is 0 Å². The quantitative estimate of drug-likeness (QED) is 0.574. The Kier molecular flexibility index (Phi) is 4.20. The highest BCUT2D eigenvalue weighted by Gasteiger charge is 2.25. The fourth-order valence-corrected chi connectivity index (χ4v) is 3.08. The number of hydrogen-bond acceptors (Lipinski definition) is 6. The van der Waals surface area contributed by atoms with Crippen LogP contribution in [0.3, 0.4) is 0 Å². The van der Waals surface area contributed by atoms with Crippen LogP contribution in [0.1, 0.15) is 28.0 Å². The average molecular weight is 329 g/mol. The second-order valence-corrected chi connectivity index (χ2v) is 6.19. The zero-order valence-corrected chi connectivity index (χ0v) is 13.8. The summed E-state index contributed by atoms with van der Waals surface area (Å²) in [5, 5.41) is 9.81. The van der Waals surface area contributed by atoms with Crippen molar-refractivity contribution in [1.29, 1.82) is 0 Å². The van der Waals surface area contributed by atoms with E-state index in [4.69, 9.17) is 10.3 Å². The van der Waals surface area contributed by atoms with Crippen molar-refractivity contribution in [3.63, 3.8) is 0 Å². The first-order valence-corrected chi connectivity index (χ1v) is 8.12. The zero-order chi connectivity index (χ0) is 16.4. The Morgan fingerprint density at radius 1 is 1.35 bits per heavy atom. The van der Waals surface area contributed by atoms with Gasteiger partial charge in [-0.2, -0.15) is 0 Å². The van der Waals surface area contributed by atoms with Crippen LogP contribution in [0.25, 0.3) is 11.3 Å². The zero-order valence-electron chi connectivity index (χ0n) is 12.9. The SMILES string of the molecule is CCc1n[n+](CC(=O)c2c(-c3ccccc3)noc2C)c(N)s1. The molecule has 2 N–H and O–H groups in total. The van der Waals surface area contributed by atoms with Crippen LogP contribution in [-0.4, -0.2) is 16.0 Å². The van der Waals surface area contributed by atoms with Crippen LogP contribution in [-0.2, 0) is 13.0 Å². The van der Waals surface area contributed by atoms with Gasteiger partial charge in [-0.1, -0.05) is 47.5 Å². The number of carbonyl (C=O) groups is 1. The first-order valence-electron chi connectivity index (χ1n) is 7.30. The maximum Gasteiger partial charge on any atom is 0.354 e. The molecule has 0 saturated carbocycles. The predicted octanol–water partition coefficient (Wildman–Crippen LogP) is 2.42. The predicted molar refractivity (Wildman–Crippen MR) is 87.1 cm³/mol. The summed E-state index contributed by atoms with van der Waals surface area (Å²) in [5.74, 6) is 0.381. The van der Waals surface area contributed by atoms with Crippen molar-refractivity contribution in [1.82, 2.24) is 10.3 Å². The number of nitrogens with zero attached hydrogens (tertiary/aromatic N) is 3. The lowest BCUT2D eigenvalue weighted by Crippen LogP contribution is -2.42. The summed E-state index contributed by atoms with van der Waals surface area (Å²) < 4.78 is 6.77. The number of aromatic nitrogens is 3. The molecular weight excluding hydrogens is 312 g/mol. The van der Waals surface area contributed by atoms with E-state index in [-0.39, 0.29) is 12.3 Å². The molecular formula is C16H17N4O2S+. The number of nitrogens with two attached hydrogens (primary N) is 1. The van der Waals surface area contributed by atoms with E-state index in [0.717, 1.165) is 17.0 Å². The number of rotatable bonds is 5. The van der Waals surface area contributed by atoms with Crippen LogP contribution in [0.5, 0.6) is 0 Å². The maximum absolute atomic E-state index is 12.7. The Hall–Kier alpha value is -2.54. The average Bonchev–Trinajstić information content (AvgIpc) is 3.11. The minimum absolute atomic E-state index is 0.0736. The molecule has 2 heterocycles. The number of Topliss-reactive ketones (excluding diaryl/α,β-unsaturated/α-hetero) is 1. The Bertz CT molecular complexity index is 839. The summed E-state index contributed by atoms with van der Waals surface area (Å²) in [6, 6.07) is 9.50. The minimum Gasteiger partial charge on any atom is -0.360 e. The number of anilines is 1. The van der Waals surface area contributed by atoms with Crippen LogP contribution in [0.4, 0.5) is 5.13 Å². The van der Waals surface area contributed by atoms with Gasteiger partial charge in [-0.3, -0.25) is 10.5 Å². The normalized spacial score (nSPS) is 10.9. The lowest BCUT2D eigenvalue weighted by atomic mass is 10.0. The van der Waals surface area contributed by atoms with E-state index >= 15 is 0 Å². The Morgan fingerprint density at radius 3 is 2.74 bits per heavy atom. The third-order valence-electron chi connectivity index (χ3n) is 3.49. The molecule has 23 heavy (non-hydrogen) atoms. The topological polar surface area (TPSA) is 85.9 Å². The number of nitrogen functional groups attached to an aromatic ring is 1. The molecule has 0 bridgehead atoms.